The Balaban J connectivity index is 2.92. The van der Waals surface area contributed by atoms with Crippen molar-refractivity contribution in [3.05, 3.63) is 11.9 Å². The molecule has 0 bridgehead atoms. The minimum Gasteiger partial charge on any atom is -0.381 e. The van der Waals surface area contributed by atoms with Gasteiger partial charge < -0.3 is 21.6 Å². The lowest BCUT2D eigenvalue weighted by Gasteiger charge is -2.12. The first kappa shape index (κ1) is 14.9. The van der Waals surface area contributed by atoms with Crippen LogP contribution in [0.15, 0.2) is 6.07 Å². The smallest absolute Gasteiger partial charge is 0.381 e. The molecule has 1 rings (SSSR count). The number of nitrogens with two attached hydrogens (primary N) is 2. The molecule has 1 heterocycles. The Morgan fingerprint density at radius 2 is 2.00 bits per heavy atom. The number of carbonyl (C=O) groups excluding carboxylic acids is 1. The summed E-state index contributed by atoms with van der Waals surface area (Å²) in [7, 11) is 0. The third-order valence-electron chi connectivity index (χ3n) is 1.93. The maximum atomic E-state index is 12.5. The summed E-state index contributed by atoms with van der Waals surface area (Å²) in [5.41, 5.74) is 6.73. The summed E-state index contributed by atoms with van der Waals surface area (Å²) in [6, 6.07) is 1.07. The second-order valence-electron chi connectivity index (χ2n) is 3.40. The fourth-order valence-corrected chi connectivity index (χ4v) is 1.04. The number of aromatic nitrogens is 2. The Bertz CT molecular complexity index is 466. The van der Waals surface area contributed by atoms with Crippen molar-refractivity contribution in [2.75, 3.05) is 17.3 Å². The van der Waals surface area contributed by atoms with Gasteiger partial charge in [-0.2, -0.15) is 13.2 Å². The van der Waals surface area contributed by atoms with E-state index < -0.39 is 30.6 Å². The van der Waals surface area contributed by atoms with Gasteiger partial charge in [0.2, 0.25) is 11.7 Å². The van der Waals surface area contributed by atoms with Crippen LogP contribution in [0, 0.1) is 0 Å². The van der Waals surface area contributed by atoms with Gasteiger partial charge >= 0.3 is 6.18 Å². The first-order valence-electron chi connectivity index (χ1n) is 4.88. The van der Waals surface area contributed by atoms with Crippen molar-refractivity contribution in [3.8, 4) is 0 Å². The predicted octanol–water partition coefficient (Wildman–Crippen LogP) is -0.961. The van der Waals surface area contributed by atoms with Crippen LogP contribution in [-0.4, -0.2) is 33.6 Å². The summed E-state index contributed by atoms with van der Waals surface area (Å²) in [5.74, 6) is 1.99. The first-order chi connectivity index (χ1) is 8.74. The van der Waals surface area contributed by atoms with E-state index in [2.05, 4.69) is 15.3 Å². The zero-order chi connectivity index (χ0) is 14.6. The van der Waals surface area contributed by atoms with E-state index in [1.807, 2.05) is 5.43 Å². The molecule has 1 atom stereocenters. The highest BCUT2D eigenvalue weighted by molar-refractivity contribution is 5.79. The zero-order valence-corrected chi connectivity index (χ0v) is 9.40. The summed E-state index contributed by atoms with van der Waals surface area (Å²) in [6.45, 7) is -0.395. The van der Waals surface area contributed by atoms with Gasteiger partial charge in [-0.3, -0.25) is 4.79 Å². The number of anilines is 2. The van der Waals surface area contributed by atoms with E-state index in [0.717, 1.165) is 6.07 Å². The molecule has 0 radical (unpaired) electrons. The lowest BCUT2D eigenvalue weighted by atomic mass is 10.3. The third-order valence-corrected chi connectivity index (χ3v) is 1.93. The molecule has 0 saturated carbocycles. The van der Waals surface area contributed by atoms with Gasteiger partial charge in [0, 0.05) is 6.07 Å². The molecule has 0 aliphatic rings. The Hall–Kier alpha value is -2.14. The molecule has 1 aromatic rings. The van der Waals surface area contributed by atoms with E-state index >= 15 is 0 Å². The Labute approximate surface area is 105 Å². The van der Waals surface area contributed by atoms with Crippen LogP contribution in [-0.2, 0) is 11.0 Å². The van der Waals surface area contributed by atoms with Gasteiger partial charge in [-0.05, 0) is 0 Å². The minimum absolute atomic E-state index is 0.268. The largest absolute Gasteiger partial charge is 0.451 e. The SMILES string of the molecule is NNc1cc(NCC(O)C(N)=O)nc(C(F)(F)F)n1. The monoisotopic (exact) mass is 280 g/mol. The number of hydrazine groups is 1. The van der Waals surface area contributed by atoms with Crippen molar-refractivity contribution in [1.82, 2.24) is 9.97 Å². The molecule has 0 aliphatic heterocycles. The van der Waals surface area contributed by atoms with Crippen molar-refractivity contribution in [2.45, 2.75) is 12.3 Å². The second kappa shape index (κ2) is 5.67. The summed E-state index contributed by atoms with van der Waals surface area (Å²) >= 11 is 0. The van der Waals surface area contributed by atoms with Crippen molar-refractivity contribution in [2.24, 2.45) is 11.6 Å². The Kier molecular flexibility index (Phi) is 4.45. The van der Waals surface area contributed by atoms with E-state index in [1.165, 1.54) is 0 Å². The highest BCUT2D eigenvalue weighted by Crippen LogP contribution is 2.28. The van der Waals surface area contributed by atoms with Crippen LogP contribution < -0.4 is 22.3 Å². The Morgan fingerprint density at radius 3 is 2.47 bits per heavy atom. The van der Waals surface area contributed by atoms with Gasteiger partial charge in [-0.15, -0.1) is 0 Å². The molecular weight excluding hydrogens is 269 g/mol. The molecule has 7 N–H and O–H groups in total. The number of aliphatic hydroxyl groups is 1. The summed E-state index contributed by atoms with van der Waals surface area (Å²) < 4.78 is 37.4. The fourth-order valence-electron chi connectivity index (χ4n) is 1.04. The number of nitrogen functional groups attached to an aromatic ring is 1. The van der Waals surface area contributed by atoms with Crippen molar-refractivity contribution in [1.29, 1.82) is 0 Å². The van der Waals surface area contributed by atoms with Crippen molar-refractivity contribution >= 4 is 17.5 Å². The lowest BCUT2D eigenvalue weighted by Crippen LogP contribution is -2.34. The average molecular weight is 280 g/mol. The summed E-state index contributed by atoms with van der Waals surface area (Å²) in [6.07, 6.45) is -6.32. The standard InChI is InChI=1S/C8H11F3N6O2/c9-8(10,11)7-15-4(1-5(16-7)17-13)14-2-3(18)6(12)19/h1,3,18H,2,13H2,(H2,12,19)(H2,14,15,16,17). The van der Waals surface area contributed by atoms with Crippen LogP contribution in [0.5, 0.6) is 0 Å². The van der Waals surface area contributed by atoms with E-state index in [1.54, 1.807) is 0 Å². The average Bonchev–Trinajstić information content (AvgIpc) is 2.34. The molecule has 106 valence electrons. The maximum Gasteiger partial charge on any atom is 0.451 e. The van der Waals surface area contributed by atoms with E-state index in [-0.39, 0.29) is 11.6 Å². The van der Waals surface area contributed by atoms with Gasteiger partial charge in [0.05, 0.1) is 6.54 Å². The molecular formula is C8H11F3N6O2. The number of aliphatic hydroxyl groups excluding tert-OH is 1. The number of nitrogens with one attached hydrogen (secondary N) is 2. The molecule has 1 amide bonds. The number of hydrogen-bond acceptors (Lipinski definition) is 7. The normalized spacial score (nSPS) is 12.9. The number of rotatable bonds is 5. The van der Waals surface area contributed by atoms with E-state index in [9.17, 15) is 18.0 Å². The van der Waals surface area contributed by atoms with Gasteiger partial charge in [-0.1, -0.05) is 0 Å². The lowest BCUT2D eigenvalue weighted by molar-refractivity contribution is -0.144. The molecule has 1 unspecified atom stereocenters. The molecule has 0 aromatic carbocycles. The van der Waals surface area contributed by atoms with Crippen LogP contribution >= 0.6 is 0 Å². The molecule has 19 heavy (non-hydrogen) atoms. The number of hydrogen-bond donors (Lipinski definition) is 5. The van der Waals surface area contributed by atoms with Crippen LogP contribution in [0.25, 0.3) is 0 Å². The first-order valence-corrected chi connectivity index (χ1v) is 4.88. The predicted molar refractivity (Wildman–Crippen MR) is 58.5 cm³/mol. The fraction of sp³-hybridized carbons (Fsp3) is 0.375. The zero-order valence-electron chi connectivity index (χ0n) is 9.40. The maximum absolute atomic E-state index is 12.5. The number of alkyl halides is 3. The van der Waals surface area contributed by atoms with Gasteiger partial charge in [-0.25, -0.2) is 15.8 Å². The van der Waals surface area contributed by atoms with E-state index in [0.29, 0.717) is 0 Å². The highest BCUT2D eigenvalue weighted by atomic mass is 19.4. The van der Waals surface area contributed by atoms with Crippen LogP contribution in [0.2, 0.25) is 0 Å². The second-order valence-corrected chi connectivity index (χ2v) is 3.40. The highest BCUT2D eigenvalue weighted by Gasteiger charge is 2.35. The molecule has 1 aromatic heterocycles. The molecule has 0 fully saturated rings. The number of primary amides is 1. The van der Waals surface area contributed by atoms with E-state index in [4.69, 9.17) is 16.7 Å². The van der Waals surface area contributed by atoms with Gasteiger partial charge in [0.25, 0.3) is 0 Å². The number of amides is 1. The van der Waals surface area contributed by atoms with Crippen LogP contribution in [0.1, 0.15) is 5.82 Å². The minimum atomic E-state index is -4.76. The van der Waals surface area contributed by atoms with Crippen molar-refractivity contribution in [3.63, 3.8) is 0 Å². The number of nitrogens with zero attached hydrogens (tertiary/aromatic N) is 2. The molecule has 11 heteroatoms. The van der Waals surface area contributed by atoms with Crippen LogP contribution in [0.3, 0.4) is 0 Å². The molecule has 0 saturated heterocycles. The molecule has 0 spiro atoms. The van der Waals surface area contributed by atoms with Crippen molar-refractivity contribution < 1.29 is 23.1 Å². The number of carbonyl (C=O) groups is 1. The van der Waals surface area contributed by atoms with Gasteiger partial charge in [0.1, 0.15) is 17.7 Å². The summed E-state index contributed by atoms with van der Waals surface area (Å²) in [4.78, 5) is 16.9. The summed E-state index contributed by atoms with van der Waals surface area (Å²) in [5, 5.41) is 11.4. The third kappa shape index (κ3) is 4.22. The Morgan fingerprint density at radius 1 is 1.42 bits per heavy atom. The topological polar surface area (TPSA) is 139 Å². The number of halogens is 3. The van der Waals surface area contributed by atoms with Crippen LogP contribution in [0.4, 0.5) is 24.8 Å². The molecule has 0 aliphatic carbocycles. The molecule has 8 nitrogen and oxygen atoms in total. The quantitative estimate of drug-likeness (QED) is 0.345. The van der Waals surface area contributed by atoms with Gasteiger partial charge in [0.15, 0.2) is 0 Å².